The summed E-state index contributed by atoms with van der Waals surface area (Å²) in [4.78, 5) is 7.79. The highest BCUT2D eigenvalue weighted by Gasteiger charge is 2.23. The molecule has 126 valence electrons. The molecule has 0 atom stereocenters. The first-order valence-electron chi connectivity index (χ1n) is 7.81. The molecule has 25 heavy (non-hydrogen) atoms. The van der Waals surface area contributed by atoms with Crippen LogP contribution in [0.1, 0.15) is 11.1 Å². The van der Waals surface area contributed by atoms with Crippen LogP contribution in [0.3, 0.4) is 0 Å². The van der Waals surface area contributed by atoms with E-state index in [-0.39, 0.29) is 0 Å². The van der Waals surface area contributed by atoms with E-state index in [1.807, 2.05) is 42.5 Å². The summed E-state index contributed by atoms with van der Waals surface area (Å²) in [5.74, 6) is 3.48. The first kappa shape index (κ1) is 15.7. The molecule has 0 fully saturated rings. The van der Waals surface area contributed by atoms with E-state index in [1.165, 1.54) is 0 Å². The van der Waals surface area contributed by atoms with Gasteiger partial charge in [-0.25, -0.2) is 4.98 Å². The second-order valence-corrected chi connectivity index (χ2v) is 6.04. The Labute approximate surface area is 150 Å². The maximum Gasteiger partial charge on any atom is 0.205 e. The van der Waals surface area contributed by atoms with Crippen molar-refractivity contribution in [2.45, 2.75) is 6.42 Å². The van der Waals surface area contributed by atoms with Gasteiger partial charge in [0.1, 0.15) is 16.2 Å². The van der Waals surface area contributed by atoms with Gasteiger partial charge in [0.15, 0.2) is 11.5 Å². The maximum atomic E-state index is 6.08. The summed E-state index contributed by atoms with van der Waals surface area (Å²) in [6.45, 7) is 0. The van der Waals surface area contributed by atoms with Gasteiger partial charge in [0.05, 0.1) is 19.8 Å². The molecule has 0 saturated carbocycles. The number of methoxy groups -OCH3 is 2. The molecule has 0 radical (unpaired) electrons. The molecule has 5 nitrogen and oxygen atoms in total. The number of H-pyrrole nitrogens is 1. The van der Waals surface area contributed by atoms with Crippen LogP contribution in [0.4, 0.5) is 0 Å². The molecule has 4 rings (SSSR count). The van der Waals surface area contributed by atoms with Crippen molar-refractivity contribution in [3.63, 3.8) is 0 Å². The van der Waals surface area contributed by atoms with E-state index in [2.05, 4.69) is 9.97 Å². The number of benzene rings is 2. The summed E-state index contributed by atoms with van der Waals surface area (Å²) in [7, 11) is 3.27. The van der Waals surface area contributed by atoms with E-state index in [9.17, 15) is 0 Å². The van der Waals surface area contributed by atoms with E-state index in [4.69, 9.17) is 26.4 Å². The third-order valence-electron chi connectivity index (χ3n) is 4.19. The zero-order chi connectivity index (χ0) is 17.4. The van der Waals surface area contributed by atoms with Crippen LogP contribution in [-0.2, 0) is 6.42 Å². The van der Waals surface area contributed by atoms with Crippen LogP contribution < -0.4 is 14.2 Å². The summed E-state index contributed by atoms with van der Waals surface area (Å²) in [6, 6.07) is 13.4. The van der Waals surface area contributed by atoms with Crippen molar-refractivity contribution in [2.75, 3.05) is 14.2 Å². The zero-order valence-electron chi connectivity index (χ0n) is 13.8. The first-order valence-corrected chi connectivity index (χ1v) is 8.22. The van der Waals surface area contributed by atoms with Crippen LogP contribution >= 0.6 is 12.2 Å². The Balaban J connectivity index is 1.78. The van der Waals surface area contributed by atoms with Gasteiger partial charge in [-0.1, -0.05) is 24.4 Å². The molecule has 0 bridgehead atoms. The van der Waals surface area contributed by atoms with Gasteiger partial charge in [-0.3, -0.25) is 0 Å². The van der Waals surface area contributed by atoms with Crippen molar-refractivity contribution >= 4 is 12.2 Å². The second-order valence-electron chi connectivity index (χ2n) is 5.65. The lowest BCUT2D eigenvalue weighted by Gasteiger charge is -2.22. The maximum absolute atomic E-state index is 6.08. The van der Waals surface area contributed by atoms with Crippen LogP contribution in [0.25, 0.3) is 11.4 Å². The predicted molar refractivity (Wildman–Crippen MR) is 97.3 cm³/mol. The van der Waals surface area contributed by atoms with Crippen molar-refractivity contribution in [3.05, 3.63) is 58.2 Å². The third-order valence-corrected chi connectivity index (χ3v) is 4.53. The molecule has 1 N–H and O–H groups in total. The molecule has 0 spiro atoms. The van der Waals surface area contributed by atoms with Crippen LogP contribution in [-0.4, -0.2) is 24.2 Å². The Kier molecular flexibility index (Phi) is 3.89. The Morgan fingerprint density at radius 2 is 1.88 bits per heavy atom. The fourth-order valence-corrected chi connectivity index (χ4v) is 3.13. The minimum Gasteiger partial charge on any atom is -0.497 e. The summed E-state index contributed by atoms with van der Waals surface area (Å²) >= 11 is 5.50. The van der Waals surface area contributed by atoms with E-state index in [0.717, 1.165) is 28.2 Å². The molecule has 0 amide bonds. The molecular formula is C19H16N2O3S. The molecular weight excluding hydrogens is 336 g/mol. The van der Waals surface area contributed by atoms with Crippen molar-refractivity contribution in [1.29, 1.82) is 0 Å². The number of hydrogen-bond acceptors (Lipinski definition) is 5. The minimum absolute atomic E-state index is 0.535. The topological polar surface area (TPSA) is 56.4 Å². The van der Waals surface area contributed by atoms with Gasteiger partial charge in [0.2, 0.25) is 5.88 Å². The quantitative estimate of drug-likeness (QED) is 0.549. The average Bonchev–Trinajstić information content (AvgIpc) is 2.66. The van der Waals surface area contributed by atoms with Gasteiger partial charge >= 0.3 is 0 Å². The van der Waals surface area contributed by atoms with Crippen molar-refractivity contribution in [1.82, 2.24) is 9.97 Å². The van der Waals surface area contributed by atoms with Gasteiger partial charge in [0, 0.05) is 17.5 Å². The standard InChI is InChI=1S/C19H16N2O3S/c1-22-13-8-6-11(7-9-13)17-20-18-14(19(25)21-17)10-12-4-3-5-15(23-2)16(12)24-18/h3-9H,10H2,1-2H3,(H,20,21,25). The van der Waals surface area contributed by atoms with E-state index >= 15 is 0 Å². The largest absolute Gasteiger partial charge is 0.497 e. The van der Waals surface area contributed by atoms with Crippen LogP contribution in [0, 0.1) is 4.64 Å². The fourth-order valence-electron chi connectivity index (χ4n) is 2.88. The van der Waals surface area contributed by atoms with E-state index in [1.54, 1.807) is 14.2 Å². The number of ether oxygens (including phenoxy) is 3. The van der Waals surface area contributed by atoms with Crippen LogP contribution in [0.5, 0.6) is 23.1 Å². The number of hydrogen-bond donors (Lipinski definition) is 1. The summed E-state index contributed by atoms with van der Waals surface area (Å²) in [5, 5.41) is 0. The lowest BCUT2D eigenvalue weighted by atomic mass is 10.0. The fraction of sp³-hybridized carbons (Fsp3) is 0.158. The highest BCUT2D eigenvalue weighted by atomic mass is 32.1. The summed E-state index contributed by atoms with van der Waals surface area (Å²) < 4.78 is 17.2. The van der Waals surface area contributed by atoms with E-state index < -0.39 is 0 Å². The summed E-state index contributed by atoms with van der Waals surface area (Å²) in [6.07, 6.45) is 0.660. The number of para-hydroxylation sites is 1. The molecule has 1 aliphatic heterocycles. The Hall–Kier alpha value is -2.86. The van der Waals surface area contributed by atoms with Gasteiger partial charge in [-0.15, -0.1) is 0 Å². The van der Waals surface area contributed by atoms with Crippen LogP contribution in [0.15, 0.2) is 42.5 Å². The molecule has 1 aromatic heterocycles. The smallest absolute Gasteiger partial charge is 0.205 e. The van der Waals surface area contributed by atoms with Gasteiger partial charge in [0.25, 0.3) is 0 Å². The number of nitrogens with one attached hydrogen (secondary N) is 1. The molecule has 6 heteroatoms. The minimum atomic E-state index is 0.535. The molecule has 2 aromatic carbocycles. The number of fused-ring (bicyclic) bond motifs is 2. The van der Waals surface area contributed by atoms with Gasteiger partial charge < -0.3 is 19.2 Å². The van der Waals surface area contributed by atoms with Crippen LogP contribution in [0.2, 0.25) is 0 Å². The van der Waals surface area contributed by atoms with Crippen molar-refractivity contribution in [2.24, 2.45) is 0 Å². The monoisotopic (exact) mass is 352 g/mol. The normalized spacial score (nSPS) is 11.9. The van der Waals surface area contributed by atoms with Crippen molar-refractivity contribution < 1.29 is 14.2 Å². The molecule has 0 aliphatic carbocycles. The van der Waals surface area contributed by atoms with Gasteiger partial charge in [-0.2, -0.15) is 0 Å². The highest BCUT2D eigenvalue weighted by molar-refractivity contribution is 7.71. The molecule has 3 aromatic rings. The summed E-state index contributed by atoms with van der Waals surface area (Å²) in [5.41, 5.74) is 2.82. The van der Waals surface area contributed by atoms with Crippen molar-refractivity contribution in [3.8, 4) is 34.5 Å². The lowest BCUT2D eigenvalue weighted by molar-refractivity contribution is 0.365. The SMILES string of the molecule is COc1ccc(-c2nc(=S)c3c([nH]2)Oc2c(cccc2OC)C3)cc1. The third kappa shape index (κ3) is 2.74. The number of aromatic nitrogens is 2. The number of aromatic amines is 1. The van der Waals surface area contributed by atoms with E-state index in [0.29, 0.717) is 28.5 Å². The molecule has 0 saturated heterocycles. The Morgan fingerprint density at radius 3 is 2.60 bits per heavy atom. The highest BCUT2D eigenvalue weighted by Crippen LogP contribution is 2.42. The Bertz CT molecular complexity index is 997. The number of nitrogens with zero attached hydrogens (tertiary/aromatic N) is 1. The second kappa shape index (κ2) is 6.22. The van der Waals surface area contributed by atoms with Gasteiger partial charge in [-0.05, 0) is 30.3 Å². The lowest BCUT2D eigenvalue weighted by Crippen LogP contribution is -2.08. The molecule has 0 unspecified atom stereocenters. The predicted octanol–water partition coefficient (Wildman–Crippen LogP) is 4.52. The molecule has 2 heterocycles. The number of rotatable bonds is 3. The molecule has 1 aliphatic rings. The Morgan fingerprint density at radius 1 is 1.08 bits per heavy atom. The average molecular weight is 352 g/mol. The zero-order valence-corrected chi connectivity index (χ0v) is 14.6. The first-order chi connectivity index (χ1) is 12.2.